The highest BCUT2D eigenvalue weighted by atomic mass is 32.2. The van der Waals surface area contributed by atoms with E-state index in [9.17, 15) is 4.79 Å². The fourth-order valence-corrected chi connectivity index (χ4v) is 4.62. The molecule has 0 saturated carbocycles. The predicted molar refractivity (Wildman–Crippen MR) is 121 cm³/mol. The molecular formula is C21H25N3O3S2. The van der Waals surface area contributed by atoms with Crippen molar-refractivity contribution in [2.75, 3.05) is 52.6 Å². The zero-order chi connectivity index (χ0) is 21.0. The number of benzene rings is 2. The summed E-state index contributed by atoms with van der Waals surface area (Å²) >= 11 is 3.18. The number of carbonyl (C=O) groups is 1. The van der Waals surface area contributed by atoms with Gasteiger partial charge in [0.05, 0.1) is 30.0 Å². The van der Waals surface area contributed by atoms with Gasteiger partial charge in [-0.1, -0.05) is 23.5 Å². The molecule has 3 aromatic rings. The lowest BCUT2D eigenvalue weighted by molar-refractivity contribution is 0.0981. The summed E-state index contributed by atoms with van der Waals surface area (Å²) in [5.74, 6) is 0.799. The minimum absolute atomic E-state index is 0.160. The van der Waals surface area contributed by atoms with Crippen LogP contribution in [0.1, 0.15) is 10.4 Å². The van der Waals surface area contributed by atoms with Gasteiger partial charge in [-0.2, -0.15) is 0 Å². The molecule has 0 aliphatic heterocycles. The number of ether oxygens (including phenoxy) is 2. The molecule has 0 unspecified atom stereocenters. The van der Waals surface area contributed by atoms with Crippen molar-refractivity contribution in [3.05, 3.63) is 42.0 Å². The Balaban J connectivity index is 2.08. The second kappa shape index (κ2) is 9.47. The van der Waals surface area contributed by atoms with Crippen LogP contribution in [0.2, 0.25) is 0 Å². The van der Waals surface area contributed by atoms with E-state index >= 15 is 0 Å². The lowest BCUT2D eigenvalue weighted by Crippen LogP contribution is -2.37. The van der Waals surface area contributed by atoms with Gasteiger partial charge in [0, 0.05) is 18.0 Å². The summed E-state index contributed by atoms with van der Waals surface area (Å²) in [4.78, 5) is 23.3. The number of nitrogens with zero attached hydrogens (tertiary/aromatic N) is 3. The van der Waals surface area contributed by atoms with Crippen LogP contribution in [-0.2, 0) is 0 Å². The van der Waals surface area contributed by atoms with Gasteiger partial charge in [0.1, 0.15) is 0 Å². The Hall–Kier alpha value is -2.29. The first-order valence-electron chi connectivity index (χ1n) is 9.11. The van der Waals surface area contributed by atoms with E-state index < -0.39 is 0 Å². The SMILES string of the molecule is COc1cccc(C(=O)N(CCN(C)C)c2nc3c(SC)cccc3s2)c1OC. The summed E-state index contributed by atoms with van der Waals surface area (Å²) in [6.07, 6.45) is 2.03. The molecule has 1 amide bonds. The lowest BCUT2D eigenvalue weighted by atomic mass is 10.1. The lowest BCUT2D eigenvalue weighted by Gasteiger charge is -2.23. The van der Waals surface area contributed by atoms with Crippen molar-refractivity contribution in [1.29, 1.82) is 0 Å². The number of likely N-dealkylation sites (N-methyl/N-ethyl adjacent to an activating group) is 1. The molecule has 0 saturated heterocycles. The number of aromatic nitrogens is 1. The number of amides is 1. The predicted octanol–water partition coefficient (Wildman–Crippen LogP) is 4.24. The smallest absolute Gasteiger partial charge is 0.264 e. The van der Waals surface area contributed by atoms with Crippen molar-refractivity contribution in [2.45, 2.75) is 4.90 Å². The number of methoxy groups -OCH3 is 2. The second-order valence-electron chi connectivity index (χ2n) is 6.60. The van der Waals surface area contributed by atoms with Crippen LogP contribution in [0.4, 0.5) is 5.13 Å². The molecule has 0 spiro atoms. The number of carbonyl (C=O) groups excluding carboxylic acids is 1. The quantitative estimate of drug-likeness (QED) is 0.497. The van der Waals surface area contributed by atoms with E-state index in [-0.39, 0.29) is 5.91 Å². The van der Waals surface area contributed by atoms with Gasteiger partial charge in [-0.25, -0.2) is 4.98 Å². The van der Waals surface area contributed by atoms with E-state index in [4.69, 9.17) is 14.5 Å². The maximum atomic E-state index is 13.6. The van der Waals surface area contributed by atoms with Crippen molar-refractivity contribution in [2.24, 2.45) is 0 Å². The van der Waals surface area contributed by atoms with Crippen molar-refractivity contribution >= 4 is 44.4 Å². The van der Waals surface area contributed by atoms with Crippen LogP contribution < -0.4 is 14.4 Å². The van der Waals surface area contributed by atoms with E-state index in [0.717, 1.165) is 15.1 Å². The number of thioether (sulfide) groups is 1. The number of fused-ring (bicyclic) bond motifs is 1. The largest absolute Gasteiger partial charge is 0.493 e. The monoisotopic (exact) mass is 431 g/mol. The molecule has 0 bridgehead atoms. The highest BCUT2D eigenvalue weighted by Gasteiger charge is 2.26. The summed E-state index contributed by atoms with van der Waals surface area (Å²) < 4.78 is 11.9. The van der Waals surface area contributed by atoms with Gasteiger partial charge in [0.25, 0.3) is 5.91 Å². The van der Waals surface area contributed by atoms with Crippen LogP contribution in [-0.4, -0.2) is 63.5 Å². The molecule has 154 valence electrons. The van der Waals surface area contributed by atoms with Gasteiger partial charge in [-0.15, -0.1) is 11.8 Å². The summed E-state index contributed by atoms with van der Waals surface area (Å²) in [7, 11) is 7.08. The fourth-order valence-electron chi connectivity index (χ4n) is 2.98. The summed E-state index contributed by atoms with van der Waals surface area (Å²) in [6.45, 7) is 1.23. The molecular weight excluding hydrogens is 406 g/mol. The number of rotatable bonds is 8. The number of hydrogen-bond acceptors (Lipinski definition) is 7. The molecule has 1 aromatic heterocycles. The molecule has 3 rings (SSSR count). The van der Waals surface area contributed by atoms with E-state index in [1.54, 1.807) is 49.1 Å². The van der Waals surface area contributed by atoms with E-state index in [0.29, 0.717) is 35.3 Å². The Morgan fingerprint density at radius 1 is 1.10 bits per heavy atom. The van der Waals surface area contributed by atoms with E-state index in [2.05, 4.69) is 0 Å². The van der Waals surface area contributed by atoms with Crippen molar-refractivity contribution in [3.63, 3.8) is 0 Å². The first-order chi connectivity index (χ1) is 14.0. The summed E-state index contributed by atoms with van der Waals surface area (Å²) in [6, 6.07) is 11.4. The fraction of sp³-hybridized carbons (Fsp3) is 0.333. The molecule has 0 atom stereocenters. The summed E-state index contributed by atoms with van der Waals surface area (Å²) in [5.41, 5.74) is 1.38. The van der Waals surface area contributed by atoms with Gasteiger partial charge >= 0.3 is 0 Å². The number of anilines is 1. The Morgan fingerprint density at radius 3 is 2.52 bits per heavy atom. The van der Waals surface area contributed by atoms with Crippen LogP contribution in [0.3, 0.4) is 0 Å². The topological polar surface area (TPSA) is 54.9 Å². The van der Waals surface area contributed by atoms with Crippen LogP contribution >= 0.6 is 23.1 Å². The normalized spacial score (nSPS) is 11.1. The molecule has 0 fully saturated rings. The first-order valence-corrected chi connectivity index (χ1v) is 11.2. The maximum absolute atomic E-state index is 13.6. The Kier molecular flexibility index (Phi) is 7.00. The molecule has 0 aliphatic carbocycles. The molecule has 1 heterocycles. The average Bonchev–Trinajstić information content (AvgIpc) is 3.16. The van der Waals surface area contributed by atoms with Crippen LogP contribution in [0.25, 0.3) is 10.2 Å². The standard InChI is InChI=1S/C21H25N3O3S2/c1-23(2)12-13-24(20(25)14-8-6-9-15(26-3)19(14)27-4)21-22-18-16(28-5)10-7-11-17(18)29-21/h6-11H,12-13H2,1-5H3. The molecule has 0 N–H and O–H groups in total. The molecule has 8 heteroatoms. The zero-order valence-electron chi connectivity index (χ0n) is 17.3. The maximum Gasteiger partial charge on any atom is 0.264 e. The Morgan fingerprint density at radius 2 is 1.86 bits per heavy atom. The van der Waals surface area contributed by atoms with E-state index in [1.165, 1.54) is 11.3 Å². The second-order valence-corrected chi connectivity index (χ2v) is 8.46. The third-order valence-electron chi connectivity index (χ3n) is 4.47. The summed E-state index contributed by atoms with van der Waals surface area (Å²) in [5, 5.41) is 0.679. The number of thiazole rings is 1. The van der Waals surface area contributed by atoms with Gasteiger partial charge in [-0.05, 0) is 44.6 Å². The van der Waals surface area contributed by atoms with Crippen LogP contribution in [0.5, 0.6) is 11.5 Å². The minimum Gasteiger partial charge on any atom is -0.493 e. The van der Waals surface area contributed by atoms with Crippen LogP contribution in [0.15, 0.2) is 41.3 Å². The van der Waals surface area contributed by atoms with Crippen LogP contribution in [0, 0.1) is 0 Å². The van der Waals surface area contributed by atoms with Gasteiger partial charge in [0.2, 0.25) is 0 Å². The van der Waals surface area contributed by atoms with Gasteiger partial charge in [0.15, 0.2) is 16.6 Å². The molecule has 29 heavy (non-hydrogen) atoms. The molecule has 6 nitrogen and oxygen atoms in total. The Labute approximate surface area is 179 Å². The zero-order valence-corrected chi connectivity index (χ0v) is 18.9. The van der Waals surface area contributed by atoms with Gasteiger partial charge in [-0.3, -0.25) is 9.69 Å². The highest BCUT2D eigenvalue weighted by Crippen LogP contribution is 2.36. The van der Waals surface area contributed by atoms with Crippen molar-refractivity contribution in [3.8, 4) is 11.5 Å². The molecule has 0 aliphatic rings. The highest BCUT2D eigenvalue weighted by molar-refractivity contribution is 7.98. The molecule has 0 radical (unpaired) electrons. The number of para-hydroxylation sites is 2. The number of hydrogen-bond donors (Lipinski definition) is 0. The van der Waals surface area contributed by atoms with Crippen molar-refractivity contribution < 1.29 is 14.3 Å². The van der Waals surface area contributed by atoms with E-state index in [1.807, 2.05) is 43.5 Å². The Bertz CT molecular complexity index is 1000. The first kappa shape index (κ1) is 21.4. The minimum atomic E-state index is -0.160. The third-order valence-corrected chi connectivity index (χ3v) is 6.28. The third kappa shape index (κ3) is 4.49. The van der Waals surface area contributed by atoms with Crippen molar-refractivity contribution in [1.82, 2.24) is 9.88 Å². The molecule has 2 aromatic carbocycles. The van der Waals surface area contributed by atoms with Gasteiger partial charge < -0.3 is 14.4 Å². The average molecular weight is 432 g/mol.